The van der Waals surface area contributed by atoms with Crippen molar-refractivity contribution in [3.05, 3.63) is 28.8 Å². The third kappa shape index (κ3) is 3.92. The zero-order valence-electron chi connectivity index (χ0n) is 15.5. The molecule has 1 aromatic carbocycles. The highest BCUT2D eigenvalue weighted by Crippen LogP contribution is 2.35. The third-order valence-corrected chi connectivity index (χ3v) is 7.42. The van der Waals surface area contributed by atoms with E-state index >= 15 is 0 Å². The van der Waals surface area contributed by atoms with Gasteiger partial charge in [0.2, 0.25) is 15.9 Å². The molecule has 5 nitrogen and oxygen atoms in total. The summed E-state index contributed by atoms with van der Waals surface area (Å²) < 4.78 is 28.4. The van der Waals surface area contributed by atoms with Crippen LogP contribution in [0.1, 0.15) is 51.5 Å². The summed E-state index contributed by atoms with van der Waals surface area (Å²) in [7, 11) is -3.62. The number of hydrogen-bond donors (Lipinski definition) is 1. The molecule has 7 heteroatoms. The lowest BCUT2D eigenvalue weighted by molar-refractivity contribution is -0.144. The van der Waals surface area contributed by atoms with Crippen molar-refractivity contribution < 1.29 is 13.2 Å². The lowest BCUT2D eigenvalue weighted by Gasteiger charge is -2.49. The summed E-state index contributed by atoms with van der Waals surface area (Å²) >= 11 is 6.09. The van der Waals surface area contributed by atoms with Gasteiger partial charge < -0.3 is 4.90 Å². The summed E-state index contributed by atoms with van der Waals surface area (Å²) in [6.45, 7) is 5.69. The number of benzene rings is 1. The van der Waals surface area contributed by atoms with Crippen molar-refractivity contribution in [3.63, 3.8) is 0 Å². The molecule has 0 saturated carbocycles. The smallest absolute Gasteiger partial charge is 0.240 e. The number of aryl methyl sites for hydroxylation is 1. The van der Waals surface area contributed by atoms with Crippen molar-refractivity contribution in [2.75, 3.05) is 0 Å². The second-order valence-corrected chi connectivity index (χ2v) is 9.96. The number of sulfonamides is 1. The number of carbonyl (C=O) groups is 1. The van der Waals surface area contributed by atoms with E-state index in [9.17, 15) is 13.2 Å². The van der Waals surface area contributed by atoms with Crippen molar-refractivity contribution >= 4 is 27.5 Å². The van der Waals surface area contributed by atoms with Gasteiger partial charge in [-0.25, -0.2) is 13.1 Å². The first kappa shape index (κ1) is 19.6. The number of carbonyl (C=O) groups excluding carboxylic acids is 1. The number of fused-ring (bicyclic) bond motifs is 2. The van der Waals surface area contributed by atoms with E-state index in [1.807, 2.05) is 25.7 Å². The van der Waals surface area contributed by atoms with Crippen LogP contribution >= 0.6 is 11.6 Å². The Bertz CT molecular complexity index is 780. The van der Waals surface area contributed by atoms with Gasteiger partial charge >= 0.3 is 0 Å². The average molecular weight is 399 g/mol. The highest BCUT2D eigenvalue weighted by molar-refractivity contribution is 7.89. The average Bonchev–Trinajstić information content (AvgIpc) is 2.55. The van der Waals surface area contributed by atoms with Crippen LogP contribution < -0.4 is 4.72 Å². The van der Waals surface area contributed by atoms with E-state index in [4.69, 9.17) is 11.6 Å². The third-order valence-electron chi connectivity index (χ3n) is 5.50. The molecule has 2 bridgehead atoms. The second kappa shape index (κ2) is 7.49. The minimum absolute atomic E-state index is 0.0268. The van der Waals surface area contributed by atoms with Gasteiger partial charge in [0.15, 0.2) is 0 Å². The van der Waals surface area contributed by atoms with Crippen LogP contribution in [-0.2, 0) is 14.8 Å². The number of nitrogens with zero attached hydrogens (tertiary/aromatic N) is 1. The molecule has 2 aliphatic rings. The fourth-order valence-electron chi connectivity index (χ4n) is 4.16. The molecule has 2 saturated heterocycles. The maximum absolute atomic E-state index is 12.8. The lowest BCUT2D eigenvalue weighted by atomic mass is 9.81. The molecular weight excluding hydrogens is 372 g/mol. The first-order valence-corrected chi connectivity index (χ1v) is 11.2. The standard InChI is InChI=1S/C19H27ClN2O3S/c1-12(2)19(23)22-15-5-4-6-16(22)10-14(9-15)21-26(24,25)17-8-7-13(3)18(20)11-17/h7-8,11-12,14-16,21H,4-6,9-10H2,1-3H3/t14?,15-,16+. The molecule has 1 unspecified atom stereocenters. The van der Waals surface area contributed by atoms with Crippen LogP contribution in [0, 0.1) is 12.8 Å². The van der Waals surface area contributed by atoms with Crippen LogP contribution in [0.3, 0.4) is 0 Å². The van der Waals surface area contributed by atoms with E-state index in [1.165, 1.54) is 6.07 Å². The van der Waals surface area contributed by atoms with E-state index in [-0.39, 0.29) is 34.8 Å². The van der Waals surface area contributed by atoms with Crippen molar-refractivity contribution in [1.82, 2.24) is 9.62 Å². The Hall–Kier alpha value is -1.11. The number of halogens is 1. The molecule has 1 aromatic rings. The number of hydrogen-bond acceptors (Lipinski definition) is 3. The summed E-state index contributed by atoms with van der Waals surface area (Å²) in [6, 6.07) is 4.92. The van der Waals surface area contributed by atoms with Gasteiger partial charge in [0.05, 0.1) is 4.90 Å². The van der Waals surface area contributed by atoms with E-state index in [1.54, 1.807) is 12.1 Å². The van der Waals surface area contributed by atoms with Crippen LogP contribution in [0.15, 0.2) is 23.1 Å². The highest BCUT2D eigenvalue weighted by Gasteiger charge is 2.42. The highest BCUT2D eigenvalue weighted by atomic mass is 35.5. The molecule has 1 amide bonds. The van der Waals surface area contributed by atoms with Crippen LogP contribution in [-0.4, -0.2) is 37.4 Å². The summed E-state index contributed by atoms with van der Waals surface area (Å²) in [6.07, 6.45) is 4.35. The summed E-state index contributed by atoms with van der Waals surface area (Å²) in [5, 5.41) is 0.446. The minimum Gasteiger partial charge on any atom is -0.336 e. The van der Waals surface area contributed by atoms with Crippen molar-refractivity contribution in [2.24, 2.45) is 5.92 Å². The number of amides is 1. The molecule has 0 aliphatic carbocycles. The largest absolute Gasteiger partial charge is 0.336 e. The molecule has 2 fully saturated rings. The van der Waals surface area contributed by atoms with E-state index in [2.05, 4.69) is 4.72 Å². The van der Waals surface area contributed by atoms with Gasteiger partial charge in [0.1, 0.15) is 0 Å². The Morgan fingerprint density at radius 3 is 2.38 bits per heavy atom. The Balaban J connectivity index is 1.76. The summed E-state index contributed by atoms with van der Waals surface area (Å²) in [5.74, 6) is 0.160. The van der Waals surface area contributed by atoms with Crippen molar-refractivity contribution in [3.8, 4) is 0 Å². The predicted octanol–water partition coefficient (Wildman–Crippen LogP) is 3.49. The van der Waals surface area contributed by atoms with Gasteiger partial charge in [-0.2, -0.15) is 0 Å². The minimum atomic E-state index is -3.62. The Morgan fingerprint density at radius 2 is 1.85 bits per heavy atom. The molecule has 3 rings (SSSR count). The molecule has 3 atom stereocenters. The SMILES string of the molecule is Cc1ccc(S(=O)(=O)NC2C[C@H]3CCC[C@@H](C2)N3C(=O)C(C)C)cc1Cl. The first-order valence-electron chi connectivity index (χ1n) is 9.29. The van der Waals surface area contributed by atoms with Gasteiger partial charge in [0.25, 0.3) is 0 Å². The summed E-state index contributed by atoms with van der Waals surface area (Å²) in [5.41, 5.74) is 0.848. The first-order chi connectivity index (χ1) is 12.2. The molecule has 26 heavy (non-hydrogen) atoms. The van der Waals surface area contributed by atoms with Gasteiger partial charge in [0, 0.05) is 29.1 Å². The molecule has 2 aliphatic heterocycles. The molecule has 2 heterocycles. The van der Waals surface area contributed by atoms with Crippen LogP contribution in [0.4, 0.5) is 0 Å². The Morgan fingerprint density at radius 1 is 1.23 bits per heavy atom. The lowest BCUT2D eigenvalue weighted by Crippen LogP contribution is -2.59. The zero-order chi connectivity index (χ0) is 19.1. The molecule has 0 spiro atoms. The van der Waals surface area contributed by atoms with Gasteiger partial charge in [-0.05, 0) is 56.7 Å². The number of piperidine rings is 2. The van der Waals surface area contributed by atoms with Crippen LogP contribution in [0.25, 0.3) is 0 Å². The van der Waals surface area contributed by atoms with Crippen molar-refractivity contribution in [2.45, 2.75) is 75.9 Å². The maximum atomic E-state index is 12.8. The second-order valence-electron chi connectivity index (χ2n) is 7.84. The Kier molecular flexibility index (Phi) is 5.66. The molecule has 0 aromatic heterocycles. The van der Waals surface area contributed by atoms with E-state index < -0.39 is 10.0 Å². The monoisotopic (exact) mass is 398 g/mol. The normalized spacial score (nSPS) is 26.2. The molecular formula is C19H27ClN2O3S. The quantitative estimate of drug-likeness (QED) is 0.844. The molecule has 144 valence electrons. The maximum Gasteiger partial charge on any atom is 0.240 e. The van der Waals surface area contributed by atoms with E-state index in [0.717, 1.165) is 24.8 Å². The van der Waals surface area contributed by atoms with Gasteiger partial charge in [-0.15, -0.1) is 0 Å². The Labute approximate surface area is 161 Å². The zero-order valence-corrected chi connectivity index (χ0v) is 17.1. The van der Waals surface area contributed by atoms with Gasteiger partial charge in [-0.3, -0.25) is 4.79 Å². The number of nitrogens with one attached hydrogen (secondary N) is 1. The fraction of sp³-hybridized carbons (Fsp3) is 0.632. The fourth-order valence-corrected chi connectivity index (χ4v) is 5.70. The molecule has 1 N–H and O–H groups in total. The predicted molar refractivity (Wildman–Crippen MR) is 103 cm³/mol. The topological polar surface area (TPSA) is 66.5 Å². The van der Waals surface area contributed by atoms with Crippen molar-refractivity contribution in [1.29, 1.82) is 0 Å². The number of rotatable bonds is 4. The van der Waals surface area contributed by atoms with Crippen LogP contribution in [0.2, 0.25) is 5.02 Å². The van der Waals surface area contributed by atoms with Gasteiger partial charge in [-0.1, -0.05) is 31.5 Å². The molecule has 0 radical (unpaired) electrons. The summed E-state index contributed by atoms with van der Waals surface area (Å²) in [4.78, 5) is 14.8. The van der Waals surface area contributed by atoms with Crippen LogP contribution in [0.5, 0.6) is 0 Å². The van der Waals surface area contributed by atoms with E-state index in [0.29, 0.717) is 17.9 Å².